The third kappa shape index (κ3) is 1.43. The van der Waals surface area contributed by atoms with Crippen molar-refractivity contribution in [2.24, 2.45) is 17.8 Å². The van der Waals surface area contributed by atoms with Crippen molar-refractivity contribution in [1.29, 1.82) is 0 Å². The molecule has 1 heterocycles. The molecule has 0 saturated heterocycles. The summed E-state index contributed by atoms with van der Waals surface area (Å²) in [6, 6.07) is 4.43. The Kier molecular flexibility index (Phi) is 2.39. The normalized spacial score (nSPS) is 37.9. The fourth-order valence-corrected chi connectivity index (χ4v) is 4.92. The van der Waals surface area contributed by atoms with Crippen molar-refractivity contribution in [1.82, 2.24) is 0 Å². The summed E-state index contributed by atoms with van der Waals surface area (Å²) < 4.78 is 11.8. The monoisotopic (exact) mass is 258 g/mol. The van der Waals surface area contributed by atoms with Gasteiger partial charge in [0.2, 0.25) is 0 Å². The molecular weight excluding hydrogens is 236 g/mol. The van der Waals surface area contributed by atoms with E-state index in [4.69, 9.17) is 9.47 Å². The summed E-state index contributed by atoms with van der Waals surface area (Å²) in [5, 5.41) is 0. The Bertz CT molecular complexity index is 522. The van der Waals surface area contributed by atoms with E-state index in [1.165, 1.54) is 30.4 Å². The smallest absolute Gasteiger partial charge is 0.165 e. The van der Waals surface area contributed by atoms with Crippen LogP contribution in [0.25, 0.3) is 0 Å². The SMILES string of the molecule is CCC1CC2CC1C1c3cc(C)cc(OC)c3OC21. The molecule has 1 aromatic rings. The molecule has 0 N–H and O–H groups in total. The van der Waals surface area contributed by atoms with Crippen LogP contribution >= 0.6 is 0 Å². The van der Waals surface area contributed by atoms with Crippen LogP contribution in [0, 0.1) is 24.7 Å². The van der Waals surface area contributed by atoms with Crippen molar-refractivity contribution in [2.75, 3.05) is 7.11 Å². The topological polar surface area (TPSA) is 18.5 Å². The van der Waals surface area contributed by atoms with Crippen molar-refractivity contribution in [3.8, 4) is 11.5 Å². The van der Waals surface area contributed by atoms with E-state index >= 15 is 0 Å². The number of hydrogen-bond donors (Lipinski definition) is 0. The fraction of sp³-hybridized carbons (Fsp3) is 0.647. The number of methoxy groups -OCH3 is 1. The highest BCUT2D eigenvalue weighted by Gasteiger charge is 2.57. The molecule has 1 aliphatic heterocycles. The van der Waals surface area contributed by atoms with Gasteiger partial charge < -0.3 is 9.47 Å². The molecule has 2 fully saturated rings. The molecular formula is C17H22O2. The minimum Gasteiger partial charge on any atom is -0.493 e. The first-order chi connectivity index (χ1) is 9.22. The van der Waals surface area contributed by atoms with Gasteiger partial charge in [0.05, 0.1) is 7.11 Å². The second kappa shape index (κ2) is 3.91. The van der Waals surface area contributed by atoms with Gasteiger partial charge in [0, 0.05) is 11.5 Å². The summed E-state index contributed by atoms with van der Waals surface area (Å²) in [4.78, 5) is 0. The molecule has 2 aliphatic carbocycles. The number of rotatable bonds is 2. The molecule has 0 spiro atoms. The van der Waals surface area contributed by atoms with Crippen LogP contribution in [0.5, 0.6) is 11.5 Å². The maximum Gasteiger partial charge on any atom is 0.165 e. The van der Waals surface area contributed by atoms with E-state index in [1.54, 1.807) is 7.11 Å². The third-order valence-electron chi connectivity index (χ3n) is 5.65. The standard InChI is InChI=1S/C17H22O2/c1-4-10-7-11-8-12(10)15-13-5-9(2)6-14(18-3)17(13)19-16(11)15/h5-6,10-12,15-16H,4,7-8H2,1-3H3. The van der Waals surface area contributed by atoms with Crippen molar-refractivity contribution in [2.45, 2.75) is 45.1 Å². The average Bonchev–Trinajstić information content (AvgIpc) is 3.06. The molecule has 102 valence electrons. The van der Waals surface area contributed by atoms with Gasteiger partial charge in [0.15, 0.2) is 11.5 Å². The van der Waals surface area contributed by atoms with E-state index in [-0.39, 0.29) is 0 Å². The summed E-state index contributed by atoms with van der Waals surface area (Å²) in [5.74, 6) is 5.12. The molecule has 2 nitrogen and oxygen atoms in total. The lowest BCUT2D eigenvalue weighted by Crippen LogP contribution is -2.30. The van der Waals surface area contributed by atoms with Crippen LogP contribution in [0.4, 0.5) is 0 Å². The minimum atomic E-state index is 0.429. The molecule has 0 radical (unpaired) electrons. The molecule has 2 heteroatoms. The van der Waals surface area contributed by atoms with Gasteiger partial charge in [-0.25, -0.2) is 0 Å². The Labute approximate surface area is 115 Å². The Morgan fingerprint density at radius 3 is 2.89 bits per heavy atom. The van der Waals surface area contributed by atoms with Gasteiger partial charge in [-0.15, -0.1) is 0 Å². The van der Waals surface area contributed by atoms with Crippen molar-refractivity contribution in [3.63, 3.8) is 0 Å². The maximum absolute atomic E-state index is 6.31. The van der Waals surface area contributed by atoms with Crippen molar-refractivity contribution < 1.29 is 9.47 Å². The van der Waals surface area contributed by atoms with Gasteiger partial charge in [0.25, 0.3) is 0 Å². The van der Waals surface area contributed by atoms with E-state index in [0.717, 1.165) is 29.3 Å². The van der Waals surface area contributed by atoms with E-state index in [2.05, 4.69) is 26.0 Å². The summed E-state index contributed by atoms with van der Waals surface area (Å²) in [6.45, 7) is 4.49. The highest BCUT2D eigenvalue weighted by atomic mass is 16.5. The summed E-state index contributed by atoms with van der Waals surface area (Å²) in [7, 11) is 1.75. The molecule has 0 amide bonds. The van der Waals surface area contributed by atoms with Crippen LogP contribution in [0.1, 0.15) is 43.2 Å². The summed E-state index contributed by atoms with van der Waals surface area (Å²) >= 11 is 0. The van der Waals surface area contributed by atoms with Crippen LogP contribution in [0.15, 0.2) is 12.1 Å². The highest BCUT2D eigenvalue weighted by Crippen LogP contribution is 2.63. The zero-order valence-corrected chi connectivity index (χ0v) is 12.0. The molecule has 19 heavy (non-hydrogen) atoms. The molecule has 0 aromatic heterocycles. The first kappa shape index (κ1) is 11.6. The fourth-order valence-electron chi connectivity index (χ4n) is 4.92. The van der Waals surface area contributed by atoms with Gasteiger partial charge in [-0.1, -0.05) is 19.4 Å². The van der Waals surface area contributed by atoms with E-state index in [0.29, 0.717) is 12.0 Å². The zero-order chi connectivity index (χ0) is 13.1. The Hall–Kier alpha value is -1.18. The number of fused-ring (bicyclic) bond motifs is 7. The maximum atomic E-state index is 6.31. The van der Waals surface area contributed by atoms with E-state index in [9.17, 15) is 0 Å². The van der Waals surface area contributed by atoms with Crippen LogP contribution in [0.2, 0.25) is 0 Å². The van der Waals surface area contributed by atoms with Gasteiger partial charge >= 0.3 is 0 Å². The Morgan fingerprint density at radius 1 is 1.32 bits per heavy atom. The number of ether oxygens (including phenoxy) is 2. The first-order valence-electron chi connectivity index (χ1n) is 7.58. The number of benzene rings is 1. The van der Waals surface area contributed by atoms with Crippen LogP contribution in [-0.4, -0.2) is 13.2 Å². The number of hydrogen-bond acceptors (Lipinski definition) is 2. The molecule has 1 aromatic carbocycles. The molecule has 4 rings (SSSR count). The van der Waals surface area contributed by atoms with E-state index in [1.807, 2.05) is 0 Å². The number of aryl methyl sites for hydroxylation is 1. The van der Waals surface area contributed by atoms with E-state index < -0.39 is 0 Å². The Morgan fingerprint density at radius 2 is 2.16 bits per heavy atom. The molecule has 5 unspecified atom stereocenters. The zero-order valence-electron chi connectivity index (χ0n) is 12.0. The highest BCUT2D eigenvalue weighted by molar-refractivity contribution is 5.55. The van der Waals surface area contributed by atoms with Gasteiger partial charge in [-0.2, -0.15) is 0 Å². The van der Waals surface area contributed by atoms with Crippen molar-refractivity contribution >= 4 is 0 Å². The summed E-state index contributed by atoms with van der Waals surface area (Å²) in [5.41, 5.74) is 2.71. The van der Waals surface area contributed by atoms with Crippen LogP contribution in [-0.2, 0) is 0 Å². The predicted molar refractivity (Wildman–Crippen MR) is 74.9 cm³/mol. The van der Waals surface area contributed by atoms with Crippen LogP contribution in [0.3, 0.4) is 0 Å². The largest absolute Gasteiger partial charge is 0.493 e. The Balaban J connectivity index is 1.80. The molecule has 2 saturated carbocycles. The lowest BCUT2D eigenvalue weighted by atomic mass is 9.75. The molecule has 3 aliphatic rings. The van der Waals surface area contributed by atoms with Gasteiger partial charge in [-0.05, 0) is 49.1 Å². The average molecular weight is 258 g/mol. The third-order valence-corrected chi connectivity index (χ3v) is 5.65. The molecule has 2 bridgehead atoms. The van der Waals surface area contributed by atoms with Gasteiger partial charge in [0.1, 0.15) is 6.10 Å². The van der Waals surface area contributed by atoms with Gasteiger partial charge in [-0.3, -0.25) is 0 Å². The quantitative estimate of drug-likeness (QED) is 0.800. The second-order valence-electron chi connectivity index (χ2n) is 6.56. The van der Waals surface area contributed by atoms with Crippen molar-refractivity contribution in [3.05, 3.63) is 23.3 Å². The first-order valence-corrected chi connectivity index (χ1v) is 7.58. The second-order valence-corrected chi connectivity index (χ2v) is 6.56. The molecule has 5 atom stereocenters. The minimum absolute atomic E-state index is 0.429. The predicted octanol–water partition coefficient (Wildman–Crippen LogP) is 3.91. The lowest BCUT2D eigenvalue weighted by Gasteiger charge is -2.29. The van der Waals surface area contributed by atoms with Crippen LogP contribution < -0.4 is 9.47 Å². The summed E-state index contributed by atoms with van der Waals surface area (Å²) in [6.07, 6.45) is 4.50. The lowest BCUT2D eigenvalue weighted by molar-refractivity contribution is 0.120.